The average molecular weight is 327 g/mol. The third kappa shape index (κ3) is 2.55. The zero-order chi connectivity index (χ0) is 15.8. The molecule has 1 aliphatic heterocycles. The maximum Gasteiger partial charge on any atom is 0.180 e. The predicted octanol–water partition coefficient (Wildman–Crippen LogP) is 2.25. The van der Waals surface area contributed by atoms with Crippen LogP contribution in [0.5, 0.6) is 0 Å². The first kappa shape index (κ1) is 14.2. The summed E-state index contributed by atoms with van der Waals surface area (Å²) in [5.74, 6) is 0.752. The van der Waals surface area contributed by atoms with Crippen LogP contribution >= 0.6 is 11.5 Å². The summed E-state index contributed by atoms with van der Waals surface area (Å²) >= 11 is 1.45. The number of aryl methyl sites for hydroxylation is 2. The van der Waals surface area contributed by atoms with Crippen molar-refractivity contribution in [1.82, 2.24) is 29.6 Å². The zero-order valence-electron chi connectivity index (χ0n) is 12.9. The van der Waals surface area contributed by atoms with Crippen LogP contribution in [0.25, 0.3) is 11.2 Å². The van der Waals surface area contributed by atoms with Crippen molar-refractivity contribution in [2.75, 3.05) is 11.9 Å². The number of aromatic nitrogens is 4. The molecule has 3 aromatic rings. The second-order valence-corrected chi connectivity index (χ2v) is 6.20. The van der Waals surface area contributed by atoms with Crippen LogP contribution in [-0.4, -0.2) is 25.3 Å². The van der Waals surface area contributed by atoms with Gasteiger partial charge in [-0.15, -0.1) is 0 Å². The highest BCUT2D eigenvalue weighted by atomic mass is 32.1. The van der Waals surface area contributed by atoms with Gasteiger partial charge in [-0.25, -0.2) is 15.4 Å². The fourth-order valence-electron chi connectivity index (χ4n) is 2.58. The molecule has 0 aliphatic carbocycles. The standard InChI is InChI=1S/C15H17N7S/c1-3-11-4-13(23-21-11)20-14-15-16-7-12(10-5-17-18-6-10)22(15)8-9(2)19-14/h4-5,7-8,17-18H,3,6H2,1-2H3,(H,19,20). The largest absolute Gasteiger partial charge is 0.328 e. The van der Waals surface area contributed by atoms with E-state index in [1.807, 2.05) is 25.5 Å². The summed E-state index contributed by atoms with van der Waals surface area (Å²) < 4.78 is 6.48. The van der Waals surface area contributed by atoms with E-state index in [0.29, 0.717) is 0 Å². The van der Waals surface area contributed by atoms with Gasteiger partial charge < -0.3 is 10.7 Å². The van der Waals surface area contributed by atoms with E-state index in [9.17, 15) is 0 Å². The van der Waals surface area contributed by atoms with Crippen LogP contribution in [0.2, 0.25) is 0 Å². The summed E-state index contributed by atoms with van der Waals surface area (Å²) in [7, 11) is 0. The van der Waals surface area contributed by atoms with Gasteiger partial charge in [-0.2, -0.15) is 4.37 Å². The number of nitrogens with zero attached hydrogens (tertiary/aromatic N) is 4. The number of imidazole rings is 1. The lowest BCUT2D eigenvalue weighted by Gasteiger charge is -2.08. The van der Waals surface area contributed by atoms with E-state index in [0.717, 1.165) is 46.5 Å². The van der Waals surface area contributed by atoms with Gasteiger partial charge in [-0.1, -0.05) is 6.92 Å². The van der Waals surface area contributed by atoms with Gasteiger partial charge in [-0.05, 0) is 30.9 Å². The highest BCUT2D eigenvalue weighted by Gasteiger charge is 2.15. The van der Waals surface area contributed by atoms with E-state index in [2.05, 4.69) is 47.9 Å². The van der Waals surface area contributed by atoms with Gasteiger partial charge in [0.25, 0.3) is 0 Å². The smallest absolute Gasteiger partial charge is 0.180 e. The molecule has 8 heteroatoms. The molecule has 0 amide bonds. The summed E-state index contributed by atoms with van der Waals surface area (Å²) in [5.41, 5.74) is 11.1. The van der Waals surface area contributed by atoms with E-state index >= 15 is 0 Å². The second kappa shape index (κ2) is 5.64. The van der Waals surface area contributed by atoms with Crippen molar-refractivity contribution in [1.29, 1.82) is 0 Å². The Morgan fingerprint density at radius 1 is 1.43 bits per heavy atom. The minimum Gasteiger partial charge on any atom is -0.328 e. The molecule has 118 valence electrons. The summed E-state index contributed by atoms with van der Waals surface area (Å²) in [6.07, 6.45) is 6.78. The normalized spacial score (nSPS) is 14.1. The van der Waals surface area contributed by atoms with E-state index < -0.39 is 0 Å². The molecule has 0 fully saturated rings. The third-order valence-electron chi connectivity index (χ3n) is 3.73. The Hall–Kier alpha value is -2.45. The van der Waals surface area contributed by atoms with Crippen molar-refractivity contribution in [3.8, 4) is 0 Å². The number of anilines is 2. The van der Waals surface area contributed by atoms with Gasteiger partial charge >= 0.3 is 0 Å². The van der Waals surface area contributed by atoms with Crippen LogP contribution in [0.4, 0.5) is 10.8 Å². The summed E-state index contributed by atoms with van der Waals surface area (Å²) in [4.78, 5) is 9.16. The first-order valence-corrected chi connectivity index (χ1v) is 8.27. The van der Waals surface area contributed by atoms with Gasteiger partial charge in [0.15, 0.2) is 11.5 Å². The first-order chi connectivity index (χ1) is 11.2. The molecule has 3 aromatic heterocycles. The lowest BCUT2D eigenvalue weighted by atomic mass is 10.2. The number of hydrogen-bond acceptors (Lipinski definition) is 7. The Labute approximate surface area is 137 Å². The Bertz CT molecular complexity index is 893. The quantitative estimate of drug-likeness (QED) is 0.682. The van der Waals surface area contributed by atoms with Gasteiger partial charge in [0.1, 0.15) is 5.00 Å². The molecule has 23 heavy (non-hydrogen) atoms. The lowest BCUT2D eigenvalue weighted by molar-refractivity contribution is 0.729. The fourth-order valence-corrected chi connectivity index (χ4v) is 3.31. The first-order valence-electron chi connectivity index (χ1n) is 7.49. The van der Waals surface area contributed by atoms with Gasteiger partial charge in [-0.3, -0.25) is 4.40 Å². The van der Waals surface area contributed by atoms with Crippen molar-refractivity contribution in [3.05, 3.63) is 41.7 Å². The predicted molar refractivity (Wildman–Crippen MR) is 91.6 cm³/mol. The maximum atomic E-state index is 4.61. The SMILES string of the molecule is CCc1cc(Nc2nc(C)cn3c(C4=CNNC4)cnc23)sn1. The molecule has 7 nitrogen and oxygen atoms in total. The highest BCUT2D eigenvalue weighted by Crippen LogP contribution is 2.26. The van der Waals surface area contributed by atoms with Gasteiger partial charge in [0.05, 0.1) is 23.3 Å². The molecule has 4 rings (SSSR count). The van der Waals surface area contributed by atoms with E-state index in [-0.39, 0.29) is 0 Å². The molecule has 0 spiro atoms. The summed E-state index contributed by atoms with van der Waals surface area (Å²) in [6.45, 7) is 4.85. The Morgan fingerprint density at radius 3 is 3.09 bits per heavy atom. The monoisotopic (exact) mass is 327 g/mol. The summed E-state index contributed by atoms with van der Waals surface area (Å²) in [5, 5.41) is 4.34. The Balaban J connectivity index is 1.77. The molecule has 1 aliphatic rings. The number of fused-ring (bicyclic) bond motifs is 1. The van der Waals surface area contributed by atoms with Crippen LogP contribution in [-0.2, 0) is 6.42 Å². The van der Waals surface area contributed by atoms with Crippen LogP contribution in [0.1, 0.15) is 24.0 Å². The van der Waals surface area contributed by atoms with Crippen molar-refractivity contribution in [3.63, 3.8) is 0 Å². The molecule has 4 heterocycles. The molecule has 0 atom stereocenters. The number of rotatable bonds is 4. The van der Waals surface area contributed by atoms with Crippen molar-refractivity contribution >= 4 is 33.6 Å². The zero-order valence-corrected chi connectivity index (χ0v) is 13.7. The fraction of sp³-hybridized carbons (Fsp3) is 0.267. The molecule has 0 bridgehead atoms. The van der Waals surface area contributed by atoms with Gasteiger partial charge in [0, 0.05) is 24.5 Å². The van der Waals surface area contributed by atoms with Gasteiger partial charge in [0.2, 0.25) is 0 Å². The van der Waals surface area contributed by atoms with Crippen LogP contribution in [0.3, 0.4) is 0 Å². The topological polar surface area (TPSA) is 79.2 Å². The van der Waals surface area contributed by atoms with Crippen LogP contribution in [0.15, 0.2) is 24.7 Å². The minimum absolute atomic E-state index is 0.752. The molecule has 0 unspecified atom stereocenters. The number of hydrogen-bond donors (Lipinski definition) is 3. The van der Waals surface area contributed by atoms with Crippen LogP contribution < -0.4 is 16.2 Å². The van der Waals surface area contributed by atoms with E-state index in [1.54, 1.807) is 0 Å². The molecular formula is C15H17N7S. The second-order valence-electron chi connectivity index (χ2n) is 5.40. The third-order valence-corrected chi connectivity index (χ3v) is 4.47. The van der Waals surface area contributed by atoms with Crippen LogP contribution in [0, 0.1) is 6.92 Å². The lowest BCUT2D eigenvalue weighted by Crippen LogP contribution is -2.20. The molecule has 0 aromatic carbocycles. The molecule has 0 saturated heterocycles. The van der Waals surface area contributed by atoms with Crippen molar-refractivity contribution in [2.45, 2.75) is 20.3 Å². The molecule has 0 saturated carbocycles. The maximum absolute atomic E-state index is 4.61. The summed E-state index contributed by atoms with van der Waals surface area (Å²) in [6, 6.07) is 2.06. The number of hydrazine groups is 1. The van der Waals surface area contributed by atoms with Crippen molar-refractivity contribution < 1.29 is 0 Å². The molecular weight excluding hydrogens is 310 g/mol. The Kier molecular flexibility index (Phi) is 3.47. The van der Waals surface area contributed by atoms with E-state index in [1.165, 1.54) is 17.1 Å². The minimum atomic E-state index is 0.752. The Morgan fingerprint density at radius 2 is 2.35 bits per heavy atom. The molecule has 3 N–H and O–H groups in total. The number of nitrogens with one attached hydrogen (secondary N) is 3. The highest BCUT2D eigenvalue weighted by molar-refractivity contribution is 7.10. The van der Waals surface area contributed by atoms with Crippen molar-refractivity contribution in [2.24, 2.45) is 0 Å². The van der Waals surface area contributed by atoms with E-state index in [4.69, 9.17) is 0 Å². The molecule has 0 radical (unpaired) electrons. The average Bonchev–Trinajstić information content (AvgIpc) is 3.26.